The number of hydrogen-bond acceptors (Lipinski definition) is 3. The number of halogens is 1. The molecule has 76 valence electrons. The highest BCUT2D eigenvalue weighted by Crippen LogP contribution is 2.13. The number of aromatic nitrogens is 2. The summed E-state index contributed by atoms with van der Waals surface area (Å²) in [7, 11) is 0. The molecule has 14 heavy (non-hydrogen) atoms. The molecule has 1 aromatic rings. The first-order valence-electron chi connectivity index (χ1n) is 3.88. The van der Waals surface area contributed by atoms with Crippen molar-refractivity contribution in [3.63, 3.8) is 0 Å². The molecule has 0 radical (unpaired) electrons. The summed E-state index contributed by atoms with van der Waals surface area (Å²) >= 11 is 3.31. The minimum absolute atomic E-state index is 0.723. The van der Waals surface area contributed by atoms with Gasteiger partial charge in [-0.25, -0.2) is 10.2 Å². The molecule has 0 spiro atoms. The largest absolute Gasteiger partial charge is 0.464 e. The van der Waals surface area contributed by atoms with Crippen LogP contribution in [-0.2, 0) is 6.54 Å². The average Bonchev–Trinajstić information content (AvgIpc) is 2.47. The molecule has 6 nitrogen and oxygen atoms in total. The number of nitrogens with one attached hydrogen (secondary N) is 1. The molecule has 0 atom stereocenters. The van der Waals surface area contributed by atoms with Crippen LogP contribution in [0.5, 0.6) is 0 Å². The Bertz CT molecular complexity index is 361. The Morgan fingerprint density at radius 2 is 2.64 bits per heavy atom. The van der Waals surface area contributed by atoms with E-state index in [2.05, 4.69) is 26.1 Å². The van der Waals surface area contributed by atoms with Gasteiger partial charge in [-0.1, -0.05) is 0 Å². The average molecular weight is 261 g/mol. The summed E-state index contributed by atoms with van der Waals surface area (Å²) in [6.45, 7) is 2.69. The topological polar surface area (TPSA) is 79.5 Å². The highest BCUT2D eigenvalue weighted by atomic mass is 79.9. The molecule has 2 N–H and O–H groups in total. The van der Waals surface area contributed by atoms with Crippen LogP contribution in [0.15, 0.2) is 15.9 Å². The molecule has 1 rings (SSSR count). The summed E-state index contributed by atoms with van der Waals surface area (Å²) in [6, 6.07) is 0. The van der Waals surface area contributed by atoms with Gasteiger partial charge in [0.25, 0.3) is 0 Å². The Morgan fingerprint density at radius 1 is 1.93 bits per heavy atom. The fourth-order valence-electron chi connectivity index (χ4n) is 0.849. The summed E-state index contributed by atoms with van der Waals surface area (Å²) in [4.78, 5) is 10.1. The molecule has 0 unspecified atom stereocenters. The van der Waals surface area contributed by atoms with E-state index in [1.54, 1.807) is 10.9 Å². The van der Waals surface area contributed by atoms with Crippen molar-refractivity contribution in [2.45, 2.75) is 13.5 Å². The zero-order valence-electron chi connectivity index (χ0n) is 7.44. The molecule has 0 bridgehead atoms. The predicted octanol–water partition coefficient (Wildman–Crippen LogP) is 1.27. The zero-order chi connectivity index (χ0) is 10.6. The van der Waals surface area contributed by atoms with E-state index in [1.807, 2.05) is 12.3 Å². The number of hydrazone groups is 1. The van der Waals surface area contributed by atoms with E-state index in [0.717, 1.165) is 16.7 Å². The number of carbonyl (C=O) groups is 1. The summed E-state index contributed by atoms with van der Waals surface area (Å²) in [5, 5.41) is 15.8. The summed E-state index contributed by atoms with van der Waals surface area (Å²) in [5.74, 6) is 0. The minimum atomic E-state index is -1.19. The van der Waals surface area contributed by atoms with Crippen molar-refractivity contribution in [2.75, 3.05) is 0 Å². The molecule has 7 heteroatoms. The van der Waals surface area contributed by atoms with Gasteiger partial charge in [0.05, 0.1) is 12.4 Å². The lowest BCUT2D eigenvalue weighted by atomic mass is 10.4. The Hall–Kier alpha value is -1.37. The van der Waals surface area contributed by atoms with E-state index in [1.165, 1.54) is 6.21 Å². The monoisotopic (exact) mass is 260 g/mol. The van der Waals surface area contributed by atoms with Crippen LogP contribution in [0.25, 0.3) is 0 Å². The van der Waals surface area contributed by atoms with Gasteiger partial charge in [0.2, 0.25) is 0 Å². The van der Waals surface area contributed by atoms with Gasteiger partial charge in [-0.05, 0) is 22.9 Å². The molecular formula is C7H9BrN4O2. The van der Waals surface area contributed by atoms with Crippen molar-refractivity contribution >= 4 is 28.2 Å². The number of nitrogens with zero attached hydrogens (tertiary/aromatic N) is 3. The van der Waals surface area contributed by atoms with Gasteiger partial charge in [-0.2, -0.15) is 10.2 Å². The Morgan fingerprint density at radius 3 is 3.14 bits per heavy atom. The van der Waals surface area contributed by atoms with Crippen LogP contribution in [0.1, 0.15) is 12.5 Å². The number of aryl methyl sites for hydroxylation is 1. The molecule has 0 aliphatic rings. The summed E-state index contributed by atoms with van der Waals surface area (Å²) in [6.07, 6.45) is 1.79. The van der Waals surface area contributed by atoms with Gasteiger partial charge in [0.1, 0.15) is 4.60 Å². The molecule has 0 saturated heterocycles. The molecule has 0 aromatic carbocycles. The number of amides is 1. The molecule has 0 aliphatic carbocycles. The van der Waals surface area contributed by atoms with E-state index in [4.69, 9.17) is 5.11 Å². The van der Waals surface area contributed by atoms with Crippen molar-refractivity contribution in [1.29, 1.82) is 0 Å². The summed E-state index contributed by atoms with van der Waals surface area (Å²) < 4.78 is 2.50. The molecule has 0 aliphatic heterocycles. The van der Waals surface area contributed by atoms with E-state index < -0.39 is 6.09 Å². The third kappa shape index (κ3) is 2.56. The minimum Gasteiger partial charge on any atom is -0.464 e. The lowest BCUT2D eigenvalue weighted by Crippen LogP contribution is -2.13. The standard InChI is InChI=1S/C7H9BrN4O2/c1-2-12-6(8)5(4-10-12)3-9-11-7(13)14/h3-4,11H,2H2,1H3,(H,13,14)/b9-3+. The lowest BCUT2D eigenvalue weighted by molar-refractivity contribution is 0.195. The summed E-state index contributed by atoms with van der Waals surface area (Å²) in [5.41, 5.74) is 2.60. The number of rotatable bonds is 3. The molecule has 1 heterocycles. The van der Waals surface area contributed by atoms with Gasteiger partial charge in [0.15, 0.2) is 0 Å². The second-order valence-corrected chi connectivity index (χ2v) is 3.13. The lowest BCUT2D eigenvalue weighted by Gasteiger charge is -1.96. The number of carboxylic acid groups (broad SMARTS) is 1. The predicted molar refractivity (Wildman–Crippen MR) is 54.4 cm³/mol. The Balaban J connectivity index is 2.72. The van der Waals surface area contributed by atoms with Crippen LogP contribution in [0, 0.1) is 0 Å². The molecule has 1 aromatic heterocycles. The van der Waals surface area contributed by atoms with E-state index in [0.29, 0.717) is 0 Å². The van der Waals surface area contributed by atoms with Crippen LogP contribution < -0.4 is 5.43 Å². The van der Waals surface area contributed by atoms with Crippen molar-refractivity contribution in [3.8, 4) is 0 Å². The third-order valence-corrected chi connectivity index (χ3v) is 2.33. The fourth-order valence-corrected chi connectivity index (χ4v) is 1.40. The second-order valence-electron chi connectivity index (χ2n) is 2.38. The van der Waals surface area contributed by atoms with Crippen LogP contribution in [0.4, 0.5) is 4.79 Å². The number of hydrogen-bond donors (Lipinski definition) is 2. The second kappa shape index (κ2) is 4.75. The normalized spacial score (nSPS) is 10.7. The maximum Gasteiger partial charge on any atom is 0.425 e. The van der Waals surface area contributed by atoms with Crippen molar-refractivity contribution in [2.24, 2.45) is 5.10 Å². The van der Waals surface area contributed by atoms with E-state index >= 15 is 0 Å². The van der Waals surface area contributed by atoms with E-state index in [9.17, 15) is 4.79 Å². The molecule has 1 amide bonds. The molecule has 0 saturated carbocycles. The first-order valence-corrected chi connectivity index (χ1v) is 4.67. The Kier molecular flexibility index (Phi) is 3.63. The van der Waals surface area contributed by atoms with Crippen LogP contribution in [0.2, 0.25) is 0 Å². The fraction of sp³-hybridized carbons (Fsp3) is 0.286. The molecule has 0 fully saturated rings. The van der Waals surface area contributed by atoms with Gasteiger partial charge in [0, 0.05) is 12.1 Å². The van der Waals surface area contributed by atoms with Crippen LogP contribution in [0.3, 0.4) is 0 Å². The smallest absolute Gasteiger partial charge is 0.425 e. The highest BCUT2D eigenvalue weighted by Gasteiger charge is 2.03. The molecular weight excluding hydrogens is 252 g/mol. The van der Waals surface area contributed by atoms with E-state index in [-0.39, 0.29) is 0 Å². The first kappa shape index (κ1) is 10.7. The highest BCUT2D eigenvalue weighted by molar-refractivity contribution is 9.10. The van der Waals surface area contributed by atoms with Crippen molar-refractivity contribution in [3.05, 3.63) is 16.4 Å². The third-order valence-electron chi connectivity index (χ3n) is 1.46. The SMILES string of the molecule is CCn1ncc(/C=N/NC(=O)O)c1Br. The Labute approximate surface area is 88.7 Å². The van der Waals surface area contributed by atoms with Gasteiger partial charge in [-0.3, -0.25) is 4.68 Å². The van der Waals surface area contributed by atoms with Crippen LogP contribution >= 0.6 is 15.9 Å². The van der Waals surface area contributed by atoms with Gasteiger partial charge >= 0.3 is 6.09 Å². The van der Waals surface area contributed by atoms with Crippen molar-refractivity contribution in [1.82, 2.24) is 15.2 Å². The van der Waals surface area contributed by atoms with Crippen molar-refractivity contribution < 1.29 is 9.90 Å². The maximum absolute atomic E-state index is 10.1. The zero-order valence-corrected chi connectivity index (χ0v) is 9.02. The maximum atomic E-state index is 10.1. The quantitative estimate of drug-likeness (QED) is 0.635. The van der Waals surface area contributed by atoms with Gasteiger partial charge < -0.3 is 5.11 Å². The van der Waals surface area contributed by atoms with Gasteiger partial charge in [-0.15, -0.1) is 0 Å². The van der Waals surface area contributed by atoms with Crippen LogP contribution in [-0.4, -0.2) is 27.2 Å². The first-order chi connectivity index (χ1) is 6.65.